The van der Waals surface area contributed by atoms with Crippen LogP contribution in [0.3, 0.4) is 0 Å². The maximum Gasteiger partial charge on any atom is 0.277 e. The summed E-state index contributed by atoms with van der Waals surface area (Å²) in [4.78, 5) is 21.4. The fourth-order valence-corrected chi connectivity index (χ4v) is 2.41. The number of rotatable bonds is 5. The number of para-hydroxylation sites is 1. The van der Waals surface area contributed by atoms with Gasteiger partial charge in [0.2, 0.25) is 0 Å². The molecule has 0 saturated heterocycles. The van der Waals surface area contributed by atoms with Crippen molar-refractivity contribution in [3.05, 3.63) is 63.6 Å². The molecule has 0 aliphatic heterocycles. The molecule has 6 nitrogen and oxygen atoms in total. The van der Waals surface area contributed by atoms with Crippen LogP contribution in [0.25, 0.3) is 0 Å². The van der Waals surface area contributed by atoms with Gasteiger partial charge in [-0.15, -0.1) is 0 Å². The molecule has 1 aromatic carbocycles. The van der Waals surface area contributed by atoms with Crippen LogP contribution >= 0.6 is 11.6 Å². The first-order valence-corrected chi connectivity index (χ1v) is 8.16. The van der Waals surface area contributed by atoms with Crippen molar-refractivity contribution >= 4 is 28.9 Å². The lowest BCUT2D eigenvalue weighted by molar-refractivity contribution is -0.129. The maximum absolute atomic E-state index is 14.9. The van der Waals surface area contributed by atoms with Gasteiger partial charge in [-0.05, 0) is 37.6 Å². The van der Waals surface area contributed by atoms with Gasteiger partial charge in [0.15, 0.2) is 5.83 Å². The summed E-state index contributed by atoms with van der Waals surface area (Å²) < 4.78 is 14.9. The lowest BCUT2D eigenvalue weighted by atomic mass is 9.93. The summed E-state index contributed by atoms with van der Waals surface area (Å²) in [5.74, 6) is -1.54. The van der Waals surface area contributed by atoms with Crippen molar-refractivity contribution in [1.82, 2.24) is 5.48 Å². The molecule has 0 atom stereocenters. The highest BCUT2D eigenvalue weighted by molar-refractivity contribution is 6.34. The first kappa shape index (κ1) is 19.8. The molecule has 1 amide bonds. The molecule has 0 bridgehead atoms. The van der Waals surface area contributed by atoms with Gasteiger partial charge in [0.1, 0.15) is 5.71 Å². The van der Waals surface area contributed by atoms with Crippen molar-refractivity contribution in [2.75, 3.05) is 13.2 Å². The standard InChI is InChI=1S/C18H19ClFN3O3/c1-10(2)11-9-12(18(25)23-26-8-7-24)17(15(20)16(11)21)22-14-6-4-3-5-13(14)19/h3-6,9,24H,7-8,21H2,1-2H3,(H,23,25). The van der Waals surface area contributed by atoms with E-state index in [1.807, 2.05) is 0 Å². The molecule has 0 unspecified atom stereocenters. The molecular formula is C18H19ClFN3O3. The second kappa shape index (κ2) is 8.75. The summed E-state index contributed by atoms with van der Waals surface area (Å²) in [6.07, 6.45) is 1.45. The van der Waals surface area contributed by atoms with E-state index in [0.29, 0.717) is 16.3 Å². The number of hydrogen-bond donors (Lipinski definition) is 3. The zero-order chi connectivity index (χ0) is 19.3. The van der Waals surface area contributed by atoms with Gasteiger partial charge in [-0.2, -0.15) is 0 Å². The minimum atomic E-state index is -0.823. The number of hydrogen-bond acceptors (Lipinski definition) is 5. The molecule has 138 valence electrons. The van der Waals surface area contributed by atoms with Crippen LogP contribution < -0.4 is 11.2 Å². The fraction of sp³-hybridized carbons (Fsp3) is 0.222. The number of aliphatic hydroxyl groups is 1. The van der Waals surface area contributed by atoms with Crippen LogP contribution in [-0.4, -0.2) is 29.9 Å². The van der Waals surface area contributed by atoms with Gasteiger partial charge < -0.3 is 10.8 Å². The normalized spacial score (nSPS) is 16.0. The van der Waals surface area contributed by atoms with Gasteiger partial charge in [0.25, 0.3) is 5.91 Å². The number of aliphatic imine (C=N–C) groups is 1. The first-order chi connectivity index (χ1) is 12.4. The highest BCUT2D eigenvalue weighted by Gasteiger charge is 2.29. The molecule has 0 heterocycles. The van der Waals surface area contributed by atoms with Crippen LogP contribution in [0, 0.1) is 0 Å². The summed E-state index contributed by atoms with van der Waals surface area (Å²) in [5, 5.41) is 9.04. The summed E-state index contributed by atoms with van der Waals surface area (Å²) >= 11 is 6.08. The van der Waals surface area contributed by atoms with E-state index in [1.165, 1.54) is 6.08 Å². The second-order valence-corrected chi connectivity index (χ2v) is 6.02. The Balaban J connectivity index is 2.55. The summed E-state index contributed by atoms with van der Waals surface area (Å²) in [5.41, 5.74) is 9.03. The highest BCUT2D eigenvalue weighted by Crippen LogP contribution is 2.31. The van der Waals surface area contributed by atoms with Crippen molar-refractivity contribution in [2.24, 2.45) is 10.7 Å². The monoisotopic (exact) mass is 379 g/mol. The number of carbonyl (C=O) groups is 1. The molecule has 0 saturated carbocycles. The Morgan fingerprint density at radius 1 is 1.38 bits per heavy atom. The topological polar surface area (TPSA) is 96.9 Å². The summed E-state index contributed by atoms with van der Waals surface area (Å²) in [6, 6.07) is 6.59. The number of aliphatic hydroxyl groups excluding tert-OH is 1. The minimum absolute atomic E-state index is 0.0641. The van der Waals surface area contributed by atoms with Gasteiger partial charge in [-0.25, -0.2) is 14.9 Å². The number of allylic oxidation sites excluding steroid dienone is 3. The number of hydroxylamine groups is 1. The van der Waals surface area contributed by atoms with Crippen molar-refractivity contribution in [1.29, 1.82) is 0 Å². The second-order valence-electron chi connectivity index (χ2n) is 5.61. The highest BCUT2D eigenvalue weighted by atomic mass is 35.5. The number of nitrogens with one attached hydrogen (secondary N) is 1. The quantitative estimate of drug-likeness (QED) is 0.541. The minimum Gasteiger partial charge on any atom is -0.396 e. The Hall–Kier alpha value is -2.48. The lowest BCUT2D eigenvalue weighted by Crippen LogP contribution is -2.32. The molecule has 1 aliphatic carbocycles. The van der Waals surface area contributed by atoms with Crippen LogP contribution in [0.15, 0.2) is 63.6 Å². The Bertz CT molecular complexity index is 840. The van der Waals surface area contributed by atoms with Crippen LogP contribution in [-0.2, 0) is 9.63 Å². The van der Waals surface area contributed by atoms with Crippen LogP contribution in [0.4, 0.5) is 10.1 Å². The molecule has 4 N–H and O–H groups in total. The van der Waals surface area contributed by atoms with E-state index in [-0.39, 0.29) is 30.2 Å². The van der Waals surface area contributed by atoms with Gasteiger partial charge in [-0.1, -0.05) is 29.3 Å². The van der Waals surface area contributed by atoms with Gasteiger partial charge in [0.05, 0.1) is 35.2 Å². The average Bonchev–Trinajstić information content (AvgIpc) is 2.60. The third kappa shape index (κ3) is 4.37. The molecule has 0 fully saturated rings. The Kier molecular flexibility index (Phi) is 6.68. The number of nitrogens with two attached hydrogens (primary N) is 1. The van der Waals surface area contributed by atoms with Gasteiger partial charge in [0, 0.05) is 0 Å². The molecule has 1 aliphatic rings. The largest absolute Gasteiger partial charge is 0.396 e. The molecule has 2 rings (SSSR count). The van der Waals surface area contributed by atoms with Gasteiger partial charge >= 0.3 is 0 Å². The van der Waals surface area contributed by atoms with Crippen molar-refractivity contribution < 1.29 is 19.1 Å². The Morgan fingerprint density at radius 3 is 2.69 bits per heavy atom. The van der Waals surface area contributed by atoms with E-state index < -0.39 is 11.7 Å². The van der Waals surface area contributed by atoms with E-state index in [1.54, 1.807) is 38.1 Å². The first-order valence-electron chi connectivity index (χ1n) is 7.78. The van der Waals surface area contributed by atoms with Crippen molar-refractivity contribution in [2.45, 2.75) is 13.8 Å². The van der Waals surface area contributed by atoms with E-state index >= 15 is 0 Å². The summed E-state index contributed by atoms with van der Waals surface area (Å²) in [6.45, 7) is 3.12. The predicted octanol–water partition coefficient (Wildman–Crippen LogP) is 2.87. The van der Waals surface area contributed by atoms with Crippen molar-refractivity contribution in [3.63, 3.8) is 0 Å². The zero-order valence-electron chi connectivity index (χ0n) is 14.3. The number of halogens is 2. The zero-order valence-corrected chi connectivity index (χ0v) is 15.1. The van der Waals surface area contributed by atoms with E-state index in [4.69, 9.17) is 27.3 Å². The summed E-state index contributed by atoms with van der Waals surface area (Å²) in [7, 11) is 0. The number of benzene rings is 1. The van der Waals surface area contributed by atoms with Crippen LogP contribution in [0.2, 0.25) is 5.02 Å². The van der Waals surface area contributed by atoms with E-state index in [0.717, 1.165) is 5.57 Å². The lowest BCUT2D eigenvalue weighted by Gasteiger charge is -2.19. The predicted molar refractivity (Wildman–Crippen MR) is 98.5 cm³/mol. The van der Waals surface area contributed by atoms with Crippen LogP contribution in [0.5, 0.6) is 0 Å². The maximum atomic E-state index is 14.9. The molecule has 8 heteroatoms. The van der Waals surface area contributed by atoms with Crippen molar-refractivity contribution in [3.8, 4) is 0 Å². The third-order valence-electron chi connectivity index (χ3n) is 3.50. The van der Waals surface area contributed by atoms with E-state index in [2.05, 4.69) is 10.5 Å². The van der Waals surface area contributed by atoms with Gasteiger partial charge in [-0.3, -0.25) is 9.63 Å². The number of carbonyl (C=O) groups excluding carboxylic acids is 1. The smallest absolute Gasteiger partial charge is 0.277 e. The molecule has 0 spiro atoms. The molecule has 26 heavy (non-hydrogen) atoms. The average molecular weight is 380 g/mol. The molecular weight excluding hydrogens is 361 g/mol. The SMILES string of the molecule is CC(C)=C1C=C(C(=O)NOCCO)C(=Nc2ccccc2Cl)C(F)=C1N. The van der Waals surface area contributed by atoms with Crippen LogP contribution in [0.1, 0.15) is 13.8 Å². The Morgan fingerprint density at radius 2 is 2.08 bits per heavy atom. The number of nitrogens with zero attached hydrogens (tertiary/aromatic N) is 1. The molecule has 0 aromatic heterocycles. The number of amides is 1. The van der Waals surface area contributed by atoms with E-state index in [9.17, 15) is 9.18 Å². The fourth-order valence-electron chi connectivity index (χ4n) is 2.23. The molecule has 0 radical (unpaired) electrons. The third-order valence-corrected chi connectivity index (χ3v) is 3.82. The molecule has 1 aromatic rings. The Labute approximate surface area is 155 Å².